The Morgan fingerprint density at radius 3 is 2.35 bits per heavy atom. The zero-order valence-corrected chi connectivity index (χ0v) is 15.8. The third kappa shape index (κ3) is 4.83. The number of carbonyl (C=O) groups excluding carboxylic acids is 1. The number of ether oxygens (including phenoxy) is 3. The van der Waals surface area contributed by atoms with Crippen molar-refractivity contribution in [2.24, 2.45) is 5.92 Å². The summed E-state index contributed by atoms with van der Waals surface area (Å²) in [6, 6.07) is 0.0506. The fourth-order valence-corrected chi connectivity index (χ4v) is 3.36. The van der Waals surface area contributed by atoms with E-state index in [1.54, 1.807) is 4.90 Å². The fourth-order valence-electron chi connectivity index (χ4n) is 3.36. The molecule has 5 heteroatoms. The van der Waals surface area contributed by atoms with E-state index in [-0.39, 0.29) is 17.7 Å². The van der Waals surface area contributed by atoms with Crippen molar-refractivity contribution in [2.75, 3.05) is 13.2 Å². The first-order chi connectivity index (χ1) is 10.4. The standard InChI is InChI=1S/C18H33NO4/c1-16(2,3)23-15(20)19-14(12-22-18(19,6)7)10-13-8-9-17(4,5)21-11-13/h13-14H,8-12H2,1-7H3/t13-,14+/m1/s1. The largest absolute Gasteiger partial charge is 0.444 e. The zero-order valence-electron chi connectivity index (χ0n) is 15.8. The van der Waals surface area contributed by atoms with Gasteiger partial charge < -0.3 is 14.2 Å². The average Bonchev–Trinajstić information content (AvgIpc) is 2.65. The molecule has 0 aliphatic carbocycles. The van der Waals surface area contributed by atoms with Gasteiger partial charge in [-0.05, 0) is 73.6 Å². The van der Waals surface area contributed by atoms with E-state index < -0.39 is 11.3 Å². The van der Waals surface area contributed by atoms with E-state index in [2.05, 4.69) is 13.8 Å². The van der Waals surface area contributed by atoms with Gasteiger partial charge in [-0.25, -0.2) is 4.79 Å². The number of hydrogen-bond donors (Lipinski definition) is 0. The SMILES string of the molecule is CC(C)(C)OC(=O)N1[C@@H](C[C@H]2CCC(C)(C)OC2)COC1(C)C. The van der Waals surface area contributed by atoms with Crippen LogP contribution >= 0.6 is 0 Å². The van der Waals surface area contributed by atoms with Crippen LogP contribution in [0.4, 0.5) is 4.79 Å². The Balaban J connectivity index is 2.01. The predicted molar refractivity (Wildman–Crippen MR) is 89.3 cm³/mol. The molecule has 0 saturated carbocycles. The summed E-state index contributed by atoms with van der Waals surface area (Å²) >= 11 is 0. The smallest absolute Gasteiger partial charge is 0.412 e. The lowest BCUT2D eigenvalue weighted by Crippen LogP contribution is -2.50. The van der Waals surface area contributed by atoms with Gasteiger partial charge in [-0.1, -0.05) is 0 Å². The van der Waals surface area contributed by atoms with E-state index in [1.165, 1.54) is 0 Å². The highest BCUT2D eigenvalue weighted by Gasteiger charge is 2.46. The molecule has 5 nitrogen and oxygen atoms in total. The molecule has 0 aromatic carbocycles. The second-order valence-corrected chi connectivity index (χ2v) is 8.97. The molecule has 23 heavy (non-hydrogen) atoms. The van der Waals surface area contributed by atoms with Gasteiger partial charge in [0.1, 0.15) is 11.3 Å². The molecule has 0 radical (unpaired) electrons. The minimum atomic E-state index is -0.623. The summed E-state index contributed by atoms with van der Waals surface area (Å²) in [5.41, 5.74) is -1.15. The van der Waals surface area contributed by atoms with E-state index in [4.69, 9.17) is 14.2 Å². The lowest BCUT2D eigenvalue weighted by atomic mass is 9.87. The number of carbonyl (C=O) groups is 1. The van der Waals surface area contributed by atoms with Gasteiger partial charge >= 0.3 is 6.09 Å². The van der Waals surface area contributed by atoms with Crippen LogP contribution in [0.3, 0.4) is 0 Å². The average molecular weight is 327 g/mol. The predicted octanol–water partition coefficient (Wildman–Crippen LogP) is 3.95. The van der Waals surface area contributed by atoms with Crippen LogP contribution in [-0.4, -0.2) is 47.2 Å². The van der Waals surface area contributed by atoms with Crippen LogP contribution in [-0.2, 0) is 14.2 Å². The molecule has 1 amide bonds. The molecule has 0 N–H and O–H groups in total. The Hall–Kier alpha value is -0.810. The van der Waals surface area contributed by atoms with Crippen molar-refractivity contribution < 1.29 is 19.0 Å². The second-order valence-electron chi connectivity index (χ2n) is 8.97. The summed E-state index contributed by atoms with van der Waals surface area (Å²) in [6.07, 6.45) is 2.80. The molecule has 0 spiro atoms. The van der Waals surface area contributed by atoms with Crippen LogP contribution in [0.5, 0.6) is 0 Å². The van der Waals surface area contributed by atoms with Crippen LogP contribution < -0.4 is 0 Å². The van der Waals surface area contributed by atoms with E-state index in [0.29, 0.717) is 12.5 Å². The normalized spacial score (nSPS) is 30.3. The van der Waals surface area contributed by atoms with Crippen LogP contribution in [0.15, 0.2) is 0 Å². The van der Waals surface area contributed by atoms with Gasteiger partial charge in [-0.2, -0.15) is 0 Å². The van der Waals surface area contributed by atoms with Crippen molar-refractivity contribution >= 4 is 6.09 Å². The summed E-state index contributed by atoms with van der Waals surface area (Å²) in [4.78, 5) is 14.4. The minimum Gasteiger partial charge on any atom is -0.444 e. The first kappa shape index (κ1) is 18.5. The third-order valence-corrected chi connectivity index (χ3v) is 4.63. The lowest BCUT2D eigenvalue weighted by Gasteiger charge is -2.38. The molecule has 0 bridgehead atoms. The molecule has 2 atom stereocenters. The van der Waals surface area contributed by atoms with E-state index in [0.717, 1.165) is 25.9 Å². The van der Waals surface area contributed by atoms with E-state index >= 15 is 0 Å². The summed E-state index contributed by atoms with van der Waals surface area (Å²) in [5, 5.41) is 0. The fraction of sp³-hybridized carbons (Fsp3) is 0.944. The molecule has 2 aliphatic heterocycles. The monoisotopic (exact) mass is 327 g/mol. The molecule has 0 aromatic heterocycles. The molecule has 2 fully saturated rings. The highest BCUT2D eigenvalue weighted by Crippen LogP contribution is 2.36. The first-order valence-electron chi connectivity index (χ1n) is 8.70. The van der Waals surface area contributed by atoms with Gasteiger partial charge in [-0.3, -0.25) is 4.90 Å². The van der Waals surface area contributed by atoms with Crippen LogP contribution in [0.25, 0.3) is 0 Å². The highest BCUT2D eigenvalue weighted by atomic mass is 16.6. The Kier molecular flexibility index (Phi) is 5.03. The molecule has 2 heterocycles. The summed E-state index contributed by atoms with van der Waals surface area (Å²) in [7, 11) is 0. The maximum absolute atomic E-state index is 12.6. The highest BCUT2D eigenvalue weighted by molar-refractivity contribution is 5.69. The van der Waals surface area contributed by atoms with Gasteiger partial charge in [0.15, 0.2) is 0 Å². The number of rotatable bonds is 2. The molecular formula is C18H33NO4. The van der Waals surface area contributed by atoms with Crippen molar-refractivity contribution in [3.05, 3.63) is 0 Å². The van der Waals surface area contributed by atoms with Crippen molar-refractivity contribution in [1.82, 2.24) is 4.90 Å². The summed E-state index contributed by atoms with van der Waals surface area (Å²) < 4.78 is 17.4. The van der Waals surface area contributed by atoms with Gasteiger partial charge in [-0.15, -0.1) is 0 Å². The van der Waals surface area contributed by atoms with Crippen LogP contribution in [0, 0.1) is 5.92 Å². The zero-order chi connectivity index (χ0) is 17.5. The van der Waals surface area contributed by atoms with Gasteiger partial charge in [0.2, 0.25) is 0 Å². The van der Waals surface area contributed by atoms with Gasteiger partial charge in [0, 0.05) is 0 Å². The maximum Gasteiger partial charge on any atom is 0.412 e. The number of nitrogens with zero attached hydrogens (tertiary/aromatic N) is 1. The van der Waals surface area contributed by atoms with Crippen molar-refractivity contribution in [3.63, 3.8) is 0 Å². The number of hydrogen-bond acceptors (Lipinski definition) is 4. The summed E-state index contributed by atoms with van der Waals surface area (Å²) in [6.45, 7) is 15.1. The maximum atomic E-state index is 12.6. The van der Waals surface area contributed by atoms with Crippen LogP contribution in [0.1, 0.15) is 67.7 Å². The molecule has 2 rings (SSSR count). The second kappa shape index (κ2) is 6.25. The van der Waals surface area contributed by atoms with Crippen LogP contribution in [0.2, 0.25) is 0 Å². The lowest BCUT2D eigenvalue weighted by molar-refractivity contribution is -0.0844. The Morgan fingerprint density at radius 2 is 1.83 bits per heavy atom. The topological polar surface area (TPSA) is 48.0 Å². The van der Waals surface area contributed by atoms with E-state index in [1.807, 2.05) is 34.6 Å². The Labute approximate surface area is 140 Å². The molecular weight excluding hydrogens is 294 g/mol. The number of amides is 1. The first-order valence-corrected chi connectivity index (χ1v) is 8.70. The molecule has 2 saturated heterocycles. The van der Waals surface area contributed by atoms with Crippen molar-refractivity contribution in [3.8, 4) is 0 Å². The Morgan fingerprint density at radius 1 is 1.17 bits per heavy atom. The molecule has 0 aromatic rings. The van der Waals surface area contributed by atoms with Gasteiger partial charge in [0.05, 0.1) is 24.9 Å². The van der Waals surface area contributed by atoms with Crippen molar-refractivity contribution in [1.29, 1.82) is 0 Å². The molecule has 2 aliphatic rings. The quantitative estimate of drug-likeness (QED) is 0.770. The van der Waals surface area contributed by atoms with Gasteiger partial charge in [0.25, 0.3) is 0 Å². The third-order valence-electron chi connectivity index (χ3n) is 4.63. The van der Waals surface area contributed by atoms with E-state index in [9.17, 15) is 4.79 Å². The Bertz CT molecular complexity index is 429. The van der Waals surface area contributed by atoms with Crippen molar-refractivity contribution in [2.45, 2.75) is 90.7 Å². The minimum absolute atomic E-state index is 0.0210. The summed E-state index contributed by atoms with van der Waals surface area (Å²) in [5.74, 6) is 0.468. The molecule has 0 unspecified atom stereocenters. The molecule has 134 valence electrons.